The number of para-hydroxylation sites is 1. The molecular formula is C16H13N5OS. The first-order valence-electron chi connectivity index (χ1n) is 7.11. The number of amides is 1. The molecule has 0 aliphatic carbocycles. The van der Waals surface area contributed by atoms with Gasteiger partial charge in [-0.2, -0.15) is 5.10 Å². The first-order chi connectivity index (χ1) is 11.2. The van der Waals surface area contributed by atoms with Gasteiger partial charge in [0, 0.05) is 31.2 Å². The van der Waals surface area contributed by atoms with Crippen LogP contribution in [0.1, 0.15) is 21.6 Å². The molecule has 1 amide bonds. The number of carbonyl (C=O) groups excluding carboxylic acids is 1. The van der Waals surface area contributed by atoms with Crippen LogP contribution in [0.2, 0.25) is 0 Å². The minimum atomic E-state index is -0.192. The lowest BCUT2D eigenvalue weighted by atomic mass is 10.0. The fraction of sp³-hybridized carbons (Fsp3) is 0.125. The van der Waals surface area contributed by atoms with Crippen LogP contribution in [0, 0.1) is 0 Å². The summed E-state index contributed by atoms with van der Waals surface area (Å²) < 4.78 is 1.75. The lowest BCUT2D eigenvalue weighted by molar-refractivity contribution is 0.102. The van der Waals surface area contributed by atoms with Crippen molar-refractivity contribution >= 4 is 33.8 Å². The number of nitrogens with zero attached hydrogens (tertiary/aromatic N) is 4. The molecule has 0 saturated carbocycles. The first kappa shape index (κ1) is 13.8. The van der Waals surface area contributed by atoms with Crippen LogP contribution in [0.3, 0.4) is 0 Å². The van der Waals surface area contributed by atoms with Gasteiger partial charge in [0.2, 0.25) is 0 Å². The molecule has 1 aromatic carbocycles. The van der Waals surface area contributed by atoms with Crippen molar-refractivity contribution in [2.24, 2.45) is 12.0 Å². The van der Waals surface area contributed by atoms with E-state index < -0.39 is 0 Å². The molecule has 114 valence electrons. The summed E-state index contributed by atoms with van der Waals surface area (Å²) in [4.78, 5) is 21.2. The van der Waals surface area contributed by atoms with Crippen LogP contribution in [0.4, 0.5) is 10.8 Å². The Labute approximate surface area is 136 Å². The van der Waals surface area contributed by atoms with Crippen molar-refractivity contribution in [3.63, 3.8) is 0 Å². The highest BCUT2D eigenvalue weighted by Gasteiger charge is 2.23. The number of aromatic nitrogens is 3. The number of nitrogens with one attached hydrogen (secondary N) is 1. The van der Waals surface area contributed by atoms with Crippen molar-refractivity contribution in [3.8, 4) is 0 Å². The standard InChI is InChI=1S/C16H13N5OS/c1-21-7-5-12(20-21)13-9-10-3-2-4-11(14(10)18-13)15(22)19-16-17-6-8-23-16/h2-8H,9H2,1H3,(H,17,19,22). The van der Waals surface area contributed by atoms with Gasteiger partial charge in [0.05, 0.1) is 17.0 Å². The number of fused-ring (bicyclic) bond motifs is 1. The molecular weight excluding hydrogens is 310 g/mol. The average molecular weight is 323 g/mol. The van der Waals surface area contributed by atoms with Gasteiger partial charge in [-0.25, -0.2) is 9.98 Å². The summed E-state index contributed by atoms with van der Waals surface area (Å²) in [6, 6.07) is 7.59. The zero-order valence-corrected chi connectivity index (χ0v) is 13.2. The van der Waals surface area contributed by atoms with Crippen LogP contribution in [0.5, 0.6) is 0 Å². The Bertz CT molecular complexity index is 910. The van der Waals surface area contributed by atoms with Crippen LogP contribution in [0.15, 0.2) is 47.0 Å². The minimum absolute atomic E-state index is 0.192. The van der Waals surface area contributed by atoms with Crippen LogP contribution in [-0.4, -0.2) is 26.4 Å². The van der Waals surface area contributed by atoms with Gasteiger partial charge >= 0.3 is 0 Å². The third-order valence-corrected chi connectivity index (χ3v) is 4.32. The first-order valence-corrected chi connectivity index (χ1v) is 7.99. The summed E-state index contributed by atoms with van der Waals surface area (Å²) in [7, 11) is 1.87. The second-order valence-corrected chi connectivity index (χ2v) is 6.11. The van der Waals surface area contributed by atoms with E-state index in [2.05, 4.69) is 20.4 Å². The zero-order chi connectivity index (χ0) is 15.8. The Morgan fingerprint density at radius 3 is 3.00 bits per heavy atom. The van der Waals surface area contributed by atoms with Crippen molar-refractivity contribution in [3.05, 3.63) is 58.9 Å². The fourth-order valence-corrected chi connectivity index (χ4v) is 3.09. The molecule has 4 rings (SSSR count). The Balaban J connectivity index is 1.68. The molecule has 7 heteroatoms. The number of hydrogen-bond acceptors (Lipinski definition) is 5. The van der Waals surface area contributed by atoms with Crippen molar-refractivity contribution in [2.45, 2.75) is 6.42 Å². The number of aliphatic imine (C=N–C) groups is 1. The van der Waals surface area contributed by atoms with Gasteiger partial charge in [-0.1, -0.05) is 12.1 Å². The van der Waals surface area contributed by atoms with Gasteiger partial charge in [-0.3, -0.25) is 14.8 Å². The highest BCUT2D eigenvalue weighted by atomic mass is 32.1. The lowest BCUT2D eigenvalue weighted by Crippen LogP contribution is -2.11. The molecule has 3 aromatic rings. The van der Waals surface area contributed by atoms with Gasteiger partial charge in [-0.05, 0) is 17.7 Å². The molecule has 0 saturated heterocycles. The molecule has 1 aliphatic rings. The molecule has 3 heterocycles. The monoisotopic (exact) mass is 323 g/mol. The van der Waals surface area contributed by atoms with Gasteiger partial charge in [-0.15, -0.1) is 11.3 Å². The van der Waals surface area contributed by atoms with E-state index in [-0.39, 0.29) is 5.91 Å². The maximum absolute atomic E-state index is 12.5. The summed E-state index contributed by atoms with van der Waals surface area (Å²) in [6.07, 6.45) is 4.23. The molecule has 1 aliphatic heterocycles. The number of aryl methyl sites for hydroxylation is 1. The molecule has 1 N–H and O–H groups in total. The van der Waals surface area contributed by atoms with Gasteiger partial charge in [0.25, 0.3) is 5.91 Å². The van der Waals surface area contributed by atoms with E-state index in [0.29, 0.717) is 17.1 Å². The van der Waals surface area contributed by atoms with Gasteiger partial charge < -0.3 is 0 Å². The van der Waals surface area contributed by atoms with E-state index in [1.54, 1.807) is 16.9 Å². The molecule has 0 fully saturated rings. The van der Waals surface area contributed by atoms with E-state index in [1.165, 1.54) is 11.3 Å². The van der Waals surface area contributed by atoms with Crippen molar-refractivity contribution in [1.29, 1.82) is 0 Å². The molecule has 6 nitrogen and oxygen atoms in total. The molecule has 0 spiro atoms. The van der Waals surface area contributed by atoms with E-state index >= 15 is 0 Å². The van der Waals surface area contributed by atoms with E-state index in [4.69, 9.17) is 0 Å². The predicted octanol–water partition coefficient (Wildman–Crippen LogP) is 2.81. The molecule has 2 aromatic heterocycles. The average Bonchev–Trinajstić information content (AvgIpc) is 3.25. The van der Waals surface area contributed by atoms with Crippen molar-refractivity contribution < 1.29 is 4.79 Å². The Morgan fingerprint density at radius 2 is 2.26 bits per heavy atom. The second-order valence-electron chi connectivity index (χ2n) is 5.21. The second kappa shape index (κ2) is 5.44. The quantitative estimate of drug-likeness (QED) is 0.805. The minimum Gasteiger partial charge on any atom is -0.298 e. The van der Waals surface area contributed by atoms with Gasteiger partial charge in [0.15, 0.2) is 5.13 Å². The number of anilines is 1. The molecule has 23 heavy (non-hydrogen) atoms. The largest absolute Gasteiger partial charge is 0.298 e. The van der Waals surface area contributed by atoms with Crippen molar-refractivity contribution in [1.82, 2.24) is 14.8 Å². The van der Waals surface area contributed by atoms with Crippen LogP contribution in [0.25, 0.3) is 0 Å². The predicted molar refractivity (Wildman–Crippen MR) is 89.6 cm³/mol. The molecule has 0 unspecified atom stereocenters. The maximum atomic E-state index is 12.5. The number of thiazole rings is 1. The van der Waals surface area contributed by atoms with E-state index in [9.17, 15) is 4.79 Å². The van der Waals surface area contributed by atoms with Gasteiger partial charge in [0.1, 0.15) is 5.69 Å². The molecule has 0 atom stereocenters. The summed E-state index contributed by atoms with van der Waals surface area (Å²) in [5.74, 6) is -0.192. The SMILES string of the molecule is Cn1ccc(C2=Nc3c(cccc3C(=O)Nc3nccs3)C2)n1. The van der Waals surface area contributed by atoms with E-state index in [1.807, 2.05) is 36.8 Å². The zero-order valence-electron chi connectivity index (χ0n) is 12.4. The Kier molecular flexibility index (Phi) is 3.27. The normalized spacial score (nSPS) is 12.8. The number of benzene rings is 1. The fourth-order valence-electron chi connectivity index (χ4n) is 2.57. The van der Waals surface area contributed by atoms with Crippen LogP contribution in [-0.2, 0) is 13.5 Å². The highest BCUT2D eigenvalue weighted by Crippen LogP contribution is 2.32. The summed E-state index contributed by atoms with van der Waals surface area (Å²) in [5, 5.41) is 9.60. The summed E-state index contributed by atoms with van der Waals surface area (Å²) in [5.41, 5.74) is 4.05. The maximum Gasteiger partial charge on any atom is 0.259 e. The van der Waals surface area contributed by atoms with Crippen molar-refractivity contribution in [2.75, 3.05) is 5.32 Å². The highest BCUT2D eigenvalue weighted by molar-refractivity contribution is 7.13. The third kappa shape index (κ3) is 2.55. The number of hydrogen-bond donors (Lipinski definition) is 1. The Hall–Kier alpha value is -2.80. The Morgan fingerprint density at radius 1 is 1.35 bits per heavy atom. The third-order valence-electron chi connectivity index (χ3n) is 3.63. The van der Waals surface area contributed by atoms with Crippen LogP contribution >= 0.6 is 11.3 Å². The topological polar surface area (TPSA) is 72.2 Å². The lowest BCUT2D eigenvalue weighted by Gasteiger charge is -2.05. The van der Waals surface area contributed by atoms with Crippen LogP contribution < -0.4 is 5.32 Å². The number of carbonyl (C=O) groups is 1. The molecule has 0 radical (unpaired) electrons. The number of rotatable bonds is 3. The smallest absolute Gasteiger partial charge is 0.259 e. The van der Waals surface area contributed by atoms with E-state index in [0.717, 1.165) is 22.7 Å². The summed E-state index contributed by atoms with van der Waals surface area (Å²) >= 11 is 1.39. The summed E-state index contributed by atoms with van der Waals surface area (Å²) in [6.45, 7) is 0. The molecule has 0 bridgehead atoms.